The molecule has 2 rings (SSSR count). The van der Waals surface area contributed by atoms with Gasteiger partial charge in [-0.1, -0.05) is 6.07 Å². The Kier molecular flexibility index (Phi) is 5.73. The predicted molar refractivity (Wildman–Crippen MR) is 82.3 cm³/mol. The van der Waals surface area contributed by atoms with Crippen molar-refractivity contribution in [3.8, 4) is 11.5 Å². The molecule has 0 radical (unpaired) electrons. The van der Waals surface area contributed by atoms with Gasteiger partial charge in [0.2, 0.25) is 5.91 Å². The molecule has 0 spiro atoms. The largest absolute Gasteiger partial charge is 0.548 e. The Bertz CT molecular complexity index is 593. The Balaban J connectivity index is 2.36. The van der Waals surface area contributed by atoms with Crippen LogP contribution in [0.3, 0.4) is 0 Å². The van der Waals surface area contributed by atoms with Gasteiger partial charge in [-0.05, 0) is 17.7 Å². The van der Waals surface area contributed by atoms with E-state index in [1.165, 1.54) is 38.0 Å². The Morgan fingerprint density at radius 2 is 1.96 bits per heavy atom. The van der Waals surface area contributed by atoms with Crippen molar-refractivity contribution < 1.29 is 28.9 Å². The number of aliphatic carboxylic acids is 1. The van der Waals surface area contributed by atoms with Crippen molar-refractivity contribution in [1.82, 2.24) is 4.90 Å². The van der Waals surface area contributed by atoms with E-state index in [9.17, 15) is 14.7 Å². The number of hydrogen-bond acceptors (Lipinski definition) is 7. The van der Waals surface area contributed by atoms with Crippen LogP contribution in [0.15, 0.2) is 18.2 Å². The van der Waals surface area contributed by atoms with Gasteiger partial charge in [-0.3, -0.25) is 4.79 Å². The molecule has 8 heteroatoms. The summed E-state index contributed by atoms with van der Waals surface area (Å²) in [7, 11) is 4.43. The Morgan fingerprint density at radius 1 is 1.26 bits per heavy atom. The molecule has 0 saturated carbocycles. The molecule has 1 aromatic rings. The van der Waals surface area contributed by atoms with Gasteiger partial charge in [0.05, 0.1) is 26.2 Å². The normalized spacial score (nSPS) is 20.4. The lowest BCUT2D eigenvalue weighted by Gasteiger charge is -2.30. The second-order valence-electron chi connectivity index (χ2n) is 4.87. The molecule has 23 heavy (non-hydrogen) atoms. The number of thioether (sulfide) groups is 1. The van der Waals surface area contributed by atoms with E-state index in [0.29, 0.717) is 11.5 Å². The average molecular weight is 340 g/mol. The highest BCUT2D eigenvalue weighted by molar-refractivity contribution is 7.99. The summed E-state index contributed by atoms with van der Waals surface area (Å²) in [5, 5.41) is 10.9. The molecular weight excluding hydrogens is 322 g/mol. The second kappa shape index (κ2) is 7.56. The molecule has 1 amide bonds. The molecule has 126 valence electrons. The third-order valence-corrected chi connectivity index (χ3v) is 4.84. The zero-order chi connectivity index (χ0) is 17.0. The van der Waals surface area contributed by atoms with E-state index < -0.39 is 23.3 Å². The number of carboxylic acids is 1. The highest BCUT2D eigenvalue weighted by Crippen LogP contribution is 2.43. The number of rotatable bonds is 6. The summed E-state index contributed by atoms with van der Waals surface area (Å²) in [6.07, 6.45) is 0. The summed E-state index contributed by atoms with van der Waals surface area (Å²) >= 11 is 1.36. The fraction of sp³-hybridized carbons (Fsp3) is 0.467. The molecule has 1 aliphatic rings. The first-order valence-corrected chi connectivity index (χ1v) is 7.92. The number of carboxylic acid groups (broad SMARTS) is 1. The maximum absolute atomic E-state index is 12.3. The van der Waals surface area contributed by atoms with Crippen LogP contribution < -0.4 is 14.6 Å². The van der Waals surface area contributed by atoms with Gasteiger partial charge in [-0.15, -0.1) is 11.8 Å². The molecule has 0 unspecified atom stereocenters. The van der Waals surface area contributed by atoms with Crippen LogP contribution in [0.1, 0.15) is 10.9 Å². The van der Waals surface area contributed by atoms with Crippen LogP contribution in [-0.4, -0.2) is 56.5 Å². The van der Waals surface area contributed by atoms with Crippen LogP contribution >= 0.6 is 11.8 Å². The maximum Gasteiger partial charge on any atom is 0.250 e. The summed E-state index contributed by atoms with van der Waals surface area (Å²) in [6.45, 7) is -0.186. The van der Waals surface area contributed by atoms with Crippen molar-refractivity contribution >= 4 is 23.6 Å². The van der Waals surface area contributed by atoms with Gasteiger partial charge in [0.15, 0.2) is 11.5 Å². The number of amides is 1. The van der Waals surface area contributed by atoms with Gasteiger partial charge in [-0.2, -0.15) is 0 Å². The van der Waals surface area contributed by atoms with Gasteiger partial charge in [0.25, 0.3) is 0 Å². The molecule has 7 nitrogen and oxygen atoms in total. The molecular formula is C15H18NO6S-. The maximum atomic E-state index is 12.3. The number of carbonyl (C=O) groups is 2. The van der Waals surface area contributed by atoms with Gasteiger partial charge < -0.3 is 29.0 Å². The third kappa shape index (κ3) is 3.53. The molecule has 1 fully saturated rings. The highest BCUT2D eigenvalue weighted by Gasteiger charge is 2.39. The molecule has 1 aliphatic heterocycles. The van der Waals surface area contributed by atoms with E-state index in [2.05, 4.69) is 0 Å². The number of benzene rings is 1. The van der Waals surface area contributed by atoms with Crippen molar-refractivity contribution in [2.75, 3.05) is 33.7 Å². The number of carbonyl (C=O) groups excluding carboxylic acids is 2. The number of hydrogen-bond donors (Lipinski definition) is 0. The predicted octanol–water partition coefficient (Wildman–Crippen LogP) is 0.0427. The molecule has 2 atom stereocenters. The van der Waals surface area contributed by atoms with Crippen molar-refractivity contribution in [2.45, 2.75) is 11.4 Å². The summed E-state index contributed by atoms with van der Waals surface area (Å²) in [4.78, 5) is 24.9. The highest BCUT2D eigenvalue weighted by atomic mass is 32.2. The van der Waals surface area contributed by atoms with E-state index in [1.54, 1.807) is 18.2 Å². The SMILES string of the molecule is COCC(=O)N1[C@@H](C(=O)[O-])CS[C@H]1c1ccc(OC)c(OC)c1. The first-order chi connectivity index (χ1) is 11.0. The number of methoxy groups -OCH3 is 3. The van der Waals surface area contributed by atoms with E-state index >= 15 is 0 Å². The molecule has 0 bridgehead atoms. The summed E-state index contributed by atoms with van der Waals surface area (Å²) in [6, 6.07) is 4.26. The average Bonchev–Trinajstić information content (AvgIpc) is 2.99. The van der Waals surface area contributed by atoms with E-state index in [-0.39, 0.29) is 12.4 Å². The fourth-order valence-electron chi connectivity index (χ4n) is 2.45. The standard InChI is InChI=1S/C15H19NO6S/c1-20-7-13(17)16-10(15(18)19)8-23-14(16)9-4-5-11(21-2)12(6-9)22-3/h4-6,10,14H,7-8H2,1-3H3,(H,18,19)/p-1/t10-,14+/m1/s1. The minimum atomic E-state index is -1.27. The van der Waals surface area contributed by atoms with Crippen molar-refractivity contribution in [1.29, 1.82) is 0 Å². The van der Waals surface area contributed by atoms with E-state index in [0.717, 1.165) is 5.56 Å². The molecule has 1 heterocycles. The zero-order valence-corrected chi connectivity index (χ0v) is 13.9. The Hall–Kier alpha value is -1.93. The Morgan fingerprint density at radius 3 is 2.52 bits per heavy atom. The fourth-order valence-corrected chi connectivity index (χ4v) is 3.88. The van der Waals surface area contributed by atoms with Crippen molar-refractivity contribution in [3.05, 3.63) is 23.8 Å². The van der Waals surface area contributed by atoms with Gasteiger partial charge in [0, 0.05) is 12.9 Å². The van der Waals surface area contributed by atoms with E-state index in [1.807, 2.05) is 0 Å². The van der Waals surface area contributed by atoms with Gasteiger partial charge >= 0.3 is 0 Å². The van der Waals surface area contributed by atoms with Crippen molar-refractivity contribution in [2.24, 2.45) is 0 Å². The summed E-state index contributed by atoms with van der Waals surface area (Å²) in [5.41, 5.74) is 0.751. The summed E-state index contributed by atoms with van der Waals surface area (Å²) < 4.78 is 15.3. The lowest BCUT2D eigenvalue weighted by atomic mass is 10.1. The third-order valence-electron chi connectivity index (χ3n) is 3.52. The van der Waals surface area contributed by atoms with Crippen LogP contribution in [0.2, 0.25) is 0 Å². The quantitative estimate of drug-likeness (QED) is 0.722. The first kappa shape index (κ1) is 17.4. The molecule has 1 saturated heterocycles. The zero-order valence-electron chi connectivity index (χ0n) is 13.1. The summed E-state index contributed by atoms with van der Waals surface area (Å²) in [5.74, 6) is -0.333. The second-order valence-corrected chi connectivity index (χ2v) is 5.98. The molecule has 1 aromatic carbocycles. The van der Waals surface area contributed by atoms with Crippen LogP contribution in [0, 0.1) is 0 Å². The lowest BCUT2D eigenvalue weighted by molar-refractivity contribution is -0.310. The monoisotopic (exact) mass is 340 g/mol. The smallest absolute Gasteiger partial charge is 0.250 e. The van der Waals surface area contributed by atoms with E-state index in [4.69, 9.17) is 14.2 Å². The van der Waals surface area contributed by atoms with Gasteiger partial charge in [-0.25, -0.2) is 0 Å². The van der Waals surface area contributed by atoms with Crippen LogP contribution in [-0.2, 0) is 14.3 Å². The van der Waals surface area contributed by atoms with Crippen LogP contribution in [0.25, 0.3) is 0 Å². The minimum absolute atomic E-state index is 0.186. The molecule has 0 aliphatic carbocycles. The van der Waals surface area contributed by atoms with Crippen LogP contribution in [0.5, 0.6) is 11.5 Å². The van der Waals surface area contributed by atoms with Crippen molar-refractivity contribution in [3.63, 3.8) is 0 Å². The number of ether oxygens (including phenoxy) is 3. The Labute approximate surface area is 138 Å². The lowest BCUT2D eigenvalue weighted by Crippen LogP contribution is -2.49. The number of nitrogens with zero attached hydrogens (tertiary/aromatic N) is 1. The van der Waals surface area contributed by atoms with Crippen LogP contribution in [0.4, 0.5) is 0 Å². The minimum Gasteiger partial charge on any atom is -0.548 e. The van der Waals surface area contributed by atoms with Gasteiger partial charge in [0.1, 0.15) is 12.0 Å². The topological polar surface area (TPSA) is 88.1 Å². The molecule has 0 aromatic heterocycles. The first-order valence-electron chi connectivity index (χ1n) is 6.88. The molecule has 0 N–H and O–H groups in total.